The van der Waals surface area contributed by atoms with E-state index in [0.29, 0.717) is 22.2 Å². The number of halogens is 1. The molecule has 0 saturated carbocycles. The van der Waals surface area contributed by atoms with E-state index in [9.17, 15) is 9.50 Å². The normalized spacial score (nSPS) is 11.4. The predicted octanol–water partition coefficient (Wildman–Crippen LogP) is 3.03. The summed E-state index contributed by atoms with van der Waals surface area (Å²) in [4.78, 5) is 8.74. The van der Waals surface area contributed by atoms with Crippen LogP contribution in [-0.4, -0.2) is 24.9 Å². The van der Waals surface area contributed by atoms with Crippen LogP contribution in [0.15, 0.2) is 42.7 Å². The van der Waals surface area contributed by atoms with Crippen LogP contribution in [0.5, 0.6) is 5.75 Å². The zero-order valence-electron chi connectivity index (χ0n) is 11.7. The number of rotatable bonds is 1. The van der Waals surface area contributed by atoms with Crippen molar-refractivity contribution in [2.45, 2.75) is 0 Å². The van der Waals surface area contributed by atoms with Gasteiger partial charge in [0.05, 0.1) is 22.9 Å². The first-order chi connectivity index (χ1) is 10.6. The average molecular weight is 294 g/mol. The highest BCUT2D eigenvalue weighted by molar-refractivity contribution is 5.88. The number of benzene rings is 2. The molecule has 0 spiro atoms. The van der Waals surface area contributed by atoms with E-state index < -0.39 is 11.6 Å². The van der Waals surface area contributed by atoms with Gasteiger partial charge in [-0.2, -0.15) is 5.10 Å². The molecule has 6 heteroatoms. The molecular weight excluding hydrogens is 283 g/mol. The molecule has 0 amide bonds. The van der Waals surface area contributed by atoms with Crippen molar-refractivity contribution in [3.8, 4) is 17.0 Å². The highest BCUT2D eigenvalue weighted by atomic mass is 19.1. The van der Waals surface area contributed by atoms with E-state index >= 15 is 0 Å². The molecule has 5 nitrogen and oxygen atoms in total. The minimum absolute atomic E-state index is 0.137. The summed E-state index contributed by atoms with van der Waals surface area (Å²) in [6.45, 7) is 0. The lowest BCUT2D eigenvalue weighted by Gasteiger charge is -2.06. The monoisotopic (exact) mass is 294 g/mol. The molecule has 0 atom stereocenters. The maximum absolute atomic E-state index is 14.3. The van der Waals surface area contributed by atoms with Crippen LogP contribution in [0.2, 0.25) is 0 Å². The fourth-order valence-electron chi connectivity index (χ4n) is 2.52. The van der Waals surface area contributed by atoms with Crippen LogP contribution in [0.4, 0.5) is 4.39 Å². The Labute approximate surface area is 124 Å². The van der Waals surface area contributed by atoms with Crippen molar-refractivity contribution in [2.75, 3.05) is 0 Å². The summed E-state index contributed by atoms with van der Waals surface area (Å²) in [5, 5.41) is 14.7. The molecule has 0 aliphatic carbocycles. The van der Waals surface area contributed by atoms with E-state index in [-0.39, 0.29) is 5.52 Å². The van der Waals surface area contributed by atoms with Gasteiger partial charge >= 0.3 is 0 Å². The Morgan fingerprint density at radius 1 is 1.18 bits per heavy atom. The van der Waals surface area contributed by atoms with Gasteiger partial charge in [-0.3, -0.25) is 9.67 Å². The second kappa shape index (κ2) is 4.49. The molecule has 2 aromatic heterocycles. The minimum atomic E-state index is -0.747. The molecule has 0 aliphatic heterocycles. The van der Waals surface area contributed by atoms with Gasteiger partial charge in [0.2, 0.25) is 0 Å². The standard InChI is InChI=1S/C16H11FN4O/c1-21-8-9-6-10(16(22)14(17)15(9)20-21)13-7-18-11-4-2-3-5-12(11)19-13/h2-8,22H,1H3. The summed E-state index contributed by atoms with van der Waals surface area (Å²) in [5.41, 5.74) is 2.29. The van der Waals surface area contributed by atoms with Gasteiger partial charge in [-0.25, -0.2) is 9.37 Å². The van der Waals surface area contributed by atoms with Crippen LogP contribution in [-0.2, 0) is 7.05 Å². The Balaban J connectivity index is 2.00. The lowest BCUT2D eigenvalue weighted by atomic mass is 10.1. The van der Waals surface area contributed by atoms with E-state index in [4.69, 9.17) is 0 Å². The van der Waals surface area contributed by atoms with Gasteiger partial charge in [0.25, 0.3) is 0 Å². The van der Waals surface area contributed by atoms with E-state index in [2.05, 4.69) is 15.1 Å². The topological polar surface area (TPSA) is 63.8 Å². The number of para-hydroxylation sites is 2. The quantitative estimate of drug-likeness (QED) is 0.586. The number of phenolic OH excluding ortho intramolecular Hbond substituents is 1. The molecule has 0 saturated heterocycles. The molecule has 2 heterocycles. The summed E-state index contributed by atoms with van der Waals surface area (Å²) >= 11 is 0. The van der Waals surface area contributed by atoms with Gasteiger partial charge in [0, 0.05) is 24.2 Å². The van der Waals surface area contributed by atoms with E-state index in [1.165, 1.54) is 10.9 Å². The Bertz CT molecular complexity index is 1030. The molecular formula is C16H11FN4O. The van der Waals surface area contributed by atoms with Crippen LogP contribution >= 0.6 is 0 Å². The van der Waals surface area contributed by atoms with Crippen LogP contribution in [0.3, 0.4) is 0 Å². The summed E-state index contributed by atoms with van der Waals surface area (Å²) in [6, 6.07) is 9.05. The number of aryl methyl sites for hydroxylation is 1. The predicted molar refractivity (Wildman–Crippen MR) is 80.9 cm³/mol. The lowest BCUT2D eigenvalue weighted by molar-refractivity contribution is 0.437. The SMILES string of the molecule is Cn1cc2cc(-c3cnc4ccccc4n3)c(O)c(F)c2n1. The van der Waals surface area contributed by atoms with Crippen molar-refractivity contribution in [3.05, 3.63) is 48.5 Å². The van der Waals surface area contributed by atoms with Crippen molar-refractivity contribution < 1.29 is 9.50 Å². The van der Waals surface area contributed by atoms with Gasteiger partial charge in [-0.15, -0.1) is 0 Å². The second-order valence-electron chi connectivity index (χ2n) is 5.07. The Hall–Kier alpha value is -3.02. The Morgan fingerprint density at radius 2 is 1.95 bits per heavy atom. The maximum atomic E-state index is 14.3. The van der Waals surface area contributed by atoms with E-state index in [0.717, 1.165) is 5.52 Å². The summed E-state index contributed by atoms with van der Waals surface area (Å²) in [7, 11) is 1.70. The number of phenols is 1. The third-order valence-corrected chi connectivity index (χ3v) is 3.55. The molecule has 2 aromatic carbocycles. The molecule has 0 fully saturated rings. The first-order valence-electron chi connectivity index (χ1n) is 6.70. The maximum Gasteiger partial charge on any atom is 0.193 e. The number of fused-ring (bicyclic) bond motifs is 2. The van der Waals surface area contributed by atoms with Gasteiger partial charge in [0.1, 0.15) is 5.52 Å². The smallest absolute Gasteiger partial charge is 0.193 e. The van der Waals surface area contributed by atoms with Gasteiger partial charge < -0.3 is 5.11 Å². The minimum Gasteiger partial charge on any atom is -0.504 e. The fourth-order valence-corrected chi connectivity index (χ4v) is 2.52. The van der Waals surface area contributed by atoms with Crippen LogP contribution in [0.25, 0.3) is 33.2 Å². The van der Waals surface area contributed by atoms with Crippen LogP contribution < -0.4 is 0 Å². The van der Waals surface area contributed by atoms with Crippen LogP contribution in [0.1, 0.15) is 0 Å². The third-order valence-electron chi connectivity index (χ3n) is 3.55. The largest absolute Gasteiger partial charge is 0.504 e. The summed E-state index contributed by atoms with van der Waals surface area (Å²) in [6.07, 6.45) is 3.22. The number of hydrogen-bond acceptors (Lipinski definition) is 4. The van der Waals surface area contributed by atoms with E-state index in [1.807, 2.05) is 24.3 Å². The average Bonchev–Trinajstić information content (AvgIpc) is 2.91. The Kier molecular flexibility index (Phi) is 2.59. The molecule has 0 aliphatic rings. The van der Waals surface area contributed by atoms with Gasteiger partial charge in [-0.05, 0) is 18.2 Å². The number of nitrogens with zero attached hydrogens (tertiary/aromatic N) is 4. The van der Waals surface area contributed by atoms with Gasteiger partial charge in [-0.1, -0.05) is 12.1 Å². The van der Waals surface area contributed by atoms with Crippen LogP contribution in [0, 0.1) is 5.82 Å². The number of aromatic nitrogens is 4. The number of aromatic hydroxyl groups is 1. The second-order valence-corrected chi connectivity index (χ2v) is 5.07. The highest BCUT2D eigenvalue weighted by Gasteiger charge is 2.17. The molecule has 1 N–H and O–H groups in total. The molecule has 108 valence electrons. The molecule has 0 unspecified atom stereocenters. The third kappa shape index (κ3) is 1.81. The molecule has 0 bridgehead atoms. The lowest BCUT2D eigenvalue weighted by Crippen LogP contribution is -1.91. The summed E-state index contributed by atoms with van der Waals surface area (Å²) < 4.78 is 15.8. The first kappa shape index (κ1) is 12.7. The first-order valence-corrected chi connectivity index (χ1v) is 6.70. The van der Waals surface area contributed by atoms with Crippen molar-refractivity contribution >= 4 is 21.9 Å². The highest BCUT2D eigenvalue weighted by Crippen LogP contribution is 2.35. The molecule has 4 aromatic rings. The van der Waals surface area contributed by atoms with Crippen molar-refractivity contribution in [3.63, 3.8) is 0 Å². The number of hydrogen-bond donors (Lipinski definition) is 1. The van der Waals surface area contributed by atoms with Crippen molar-refractivity contribution in [1.82, 2.24) is 19.7 Å². The summed E-state index contributed by atoms with van der Waals surface area (Å²) in [5.74, 6) is -1.21. The van der Waals surface area contributed by atoms with E-state index in [1.54, 1.807) is 19.3 Å². The van der Waals surface area contributed by atoms with Crippen molar-refractivity contribution in [1.29, 1.82) is 0 Å². The molecule has 4 rings (SSSR count). The zero-order chi connectivity index (χ0) is 15.3. The molecule has 0 radical (unpaired) electrons. The van der Waals surface area contributed by atoms with Gasteiger partial charge in [0.15, 0.2) is 11.6 Å². The fraction of sp³-hybridized carbons (Fsp3) is 0.0625. The van der Waals surface area contributed by atoms with Crippen molar-refractivity contribution in [2.24, 2.45) is 7.05 Å². The Morgan fingerprint density at radius 3 is 2.77 bits per heavy atom. The zero-order valence-corrected chi connectivity index (χ0v) is 11.7. The molecule has 22 heavy (non-hydrogen) atoms.